The Labute approximate surface area is 169 Å². The molecule has 7 nitrogen and oxygen atoms in total. The monoisotopic (exact) mass is 449 g/mol. The number of nitrogens with zero attached hydrogens (tertiary/aromatic N) is 4. The van der Waals surface area contributed by atoms with Gasteiger partial charge in [-0.2, -0.15) is 4.98 Å². The smallest absolute Gasteiger partial charge is 0.274 e. The van der Waals surface area contributed by atoms with Crippen molar-refractivity contribution in [2.45, 2.75) is 31.7 Å². The number of hydrogen-bond acceptors (Lipinski definition) is 5. The van der Waals surface area contributed by atoms with Crippen molar-refractivity contribution in [3.63, 3.8) is 0 Å². The maximum Gasteiger partial charge on any atom is 0.274 e. The van der Waals surface area contributed by atoms with E-state index in [4.69, 9.17) is 16.1 Å². The number of aromatic nitrogens is 4. The van der Waals surface area contributed by atoms with E-state index in [9.17, 15) is 4.79 Å². The predicted octanol–water partition coefficient (Wildman–Crippen LogP) is 4.28. The van der Waals surface area contributed by atoms with Crippen molar-refractivity contribution in [1.29, 1.82) is 0 Å². The highest BCUT2D eigenvalue weighted by molar-refractivity contribution is 9.10. The molecule has 1 aliphatic heterocycles. The number of pyridine rings is 1. The van der Waals surface area contributed by atoms with Gasteiger partial charge in [-0.15, -0.1) is 0 Å². The van der Waals surface area contributed by atoms with Crippen LogP contribution in [0.4, 0.5) is 0 Å². The molecule has 27 heavy (non-hydrogen) atoms. The number of rotatable bonds is 3. The molecule has 1 aliphatic rings. The van der Waals surface area contributed by atoms with Gasteiger partial charge >= 0.3 is 0 Å². The average molecular weight is 451 g/mol. The molecule has 1 saturated heterocycles. The molecule has 3 aromatic rings. The van der Waals surface area contributed by atoms with Gasteiger partial charge < -0.3 is 14.4 Å². The van der Waals surface area contributed by atoms with Gasteiger partial charge in [0.15, 0.2) is 5.82 Å². The summed E-state index contributed by atoms with van der Waals surface area (Å²) in [5, 5.41) is 4.71. The third-order valence-electron chi connectivity index (χ3n) is 4.80. The summed E-state index contributed by atoms with van der Waals surface area (Å²) in [4.78, 5) is 26.4. The lowest BCUT2D eigenvalue weighted by Crippen LogP contribution is -2.45. The molecule has 140 valence electrons. The molecule has 1 N–H and O–H groups in total. The van der Waals surface area contributed by atoms with Crippen LogP contribution in [0, 0.1) is 0 Å². The Morgan fingerprint density at radius 2 is 2.26 bits per heavy atom. The molecule has 2 atom stereocenters. The molecule has 0 bridgehead atoms. The first-order valence-corrected chi connectivity index (χ1v) is 9.79. The Balaban J connectivity index is 1.54. The molecule has 3 aromatic heterocycles. The molecule has 1 amide bonds. The van der Waals surface area contributed by atoms with Gasteiger partial charge in [0.1, 0.15) is 10.3 Å². The van der Waals surface area contributed by atoms with Gasteiger partial charge in [0.25, 0.3) is 11.8 Å². The number of amides is 1. The highest BCUT2D eigenvalue weighted by Crippen LogP contribution is 2.31. The van der Waals surface area contributed by atoms with Gasteiger partial charge in [-0.3, -0.25) is 4.79 Å². The van der Waals surface area contributed by atoms with Crippen molar-refractivity contribution >= 4 is 33.4 Å². The molecular formula is C18H17BrClN5O2. The molecule has 4 rings (SSSR count). The highest BCUT2D eigenvalue weighted by Gasteiger charge is 2.33. The van der Waals surface area contributed by atoms with Crippen molar-refractivity contribution in [1.82, 2.24) is 25.0 Å². The first kappa shape index (κ1) is 18.2. The van der Waals surface area contributed by atoms with E-state index in [0.29, 0.717) is 39.1 Å². The predicted molar refractivity (Wildman–Crippen MR) is 104 cm³/mol. The topological polar surface area (TPSA) is 87.9 Å². The second-order valence-corrected chi connectivity index (χ2v) is 7.89. The van der Waals surface area contributed by atoms with E-state index in [1.807, 2.05) is 4.90 Å². The lowest BCUT2D eigenvalue weighted by Gasteiger charge is -2.37. The molecule has 0 spiro atoms. The van der Waals surface area contributed by atoms with Crippen LogP contribution in [0.1, 0.15) is 41.9 Å². The van der Waals surface area contributed by atoms with Crippen LogP contribution in [0.5, 0.6) is 0 Å². The van der Waals surface area contributed by atoms with E-state index in [1.165, 1.54) is 0 Å². The van der Waals surface area contributed by atoms with Crippen LogP contribution >= 0.6 is 27.5 Å². The second-order valence-electron chi connectivity index (χ2n) is 6.64. The van der Waals surface area contributed by atoms with Crippen molar-refractivity contribution in [3.8, 4) is 11.6 Å². The summed E-state index contributed by atoms with van der Waals surface area (Å²) in [7, 11) is 0. The standard InChI is InChI=1S/C18H17BrClN5O2/c1-10-2-3-12(9-25(10)18(26)11-4-5-21-15(19)6-11)16-23-17(27-24-16)14-7-13(20)8-22-14/h4-8,10,12,22H,2-3,9H2,1H3. The van der Waals surface area contributed by atoms with E-state index in [-0.39, 0.29) is 17.9 Å². The maximum atomic E-state index is 13.0. The summed E-state index contributed by atoms with van der Waals surface area (Å²) >= 11 is 9.25. The Morgan fingerprint density at radius 1 is 1.41 bits per heavy atom. The summed E-state index contributed by atoms with van der Waals surface area (Å²) in [6.45, 7) is 2.61. The van der Waals surface area contributed by atoms with Gasteiger partial charge in [-0.1, -0.05) is 16.8 Å². The van der Waals surface area contributed by atoms with Crippen molar-refractivity contribution < 1.29 is 9.32 Å². The molecule has 0 aromatic carbocycles. The van der Waals surface area contributed by atoms with E-state index >= 15 is 0 Å². The lowest BCUT2D eigenvalue weighted by atomic mass is 9.92. The van der Waals surface area contributed by atoms with Gasteiger partial charge in [0.2, 0.25) is 0 Å². The van der Waals surface area contributed by atoms with Crippen LogP contribution in [-0.4, -0.2) is 43.5 Å². The summed E-state index contributed by atoms with van der Waals surface area (Å²) < 4.78 is 6.01. The number of halogens is 2. The van der Waals surface area contributed by atoms with Crippen LogP contribution < -0.4 is 0 Å². The fourth-order valence-electron chi connectivity index (χ4n) is 3.30. The second kappa shape index (κ2) is 7.44. The zero-order chi connectivity index (χ0) is 19.0. The van der Waals surface area contributed by atoms with Crippen LogP contribution in [-0.2, 0) is 0 Å². The van der Waals surface area contributed by atoms with E-state index in [0.717, 1.165) is 12.8 Å². The largest absolute Gasteiger partial charge is 0.356 e. The fourth-order valence-corrected chi connectivity index (χ4v) is 3.83. The summed E-state index contributed by atoms with van der Waals surface area (Å²) in [6, 6.07) is 5.35. The molecular weight excluding hydrogens is 434 g/mol. The highest BCUT2D eigenvalue weighted by atomic mass is 79.9. The number of piperidine rings is 1. The first-order valence-electron chi connectivity index (χ1n) is 8.61. The van der Waals surface area contributed by atoms with Crippen LogP contribution in [0.3, 0.4) is 0 Å². The Hall–Kier alpha value is -2.19. The number of likely N-dealkylation sites (tertiary alicyclic amines) is 1. The van der Waals surface area contributed by atoms with Gasteiger partial charge in [-0.25, -0.2) is 4.98 Å². The quantitative estimate of drug-likeness (QED) is 0.602. The zero-order valence-electron chi connectivity index (χ0n) is 14.5. The van der Waals surface area contributed by atoms with Crippen LogP contribution in [0.15, 0.2) is 39.7 Å². The number of H-pyrrole nitrogens is 1. The fraction of sp³-hybridized carbons (Fsp3) is 0.333. The van der Waals surface area contributed by atoms with Crippen molar-refractivity contribution in [3.05, 3.63) is 51.6 Å². The SMILES string of the molecule is CC1CCC(c2noc(-c3cc(Cl)c[nH]3)n2)CN1C(=O)c1ccnc(Br)c1. The van der Waals surface area contributed by atoms with Crippen molar-refractivity contribution in [2.24, 2.45) is 0 Å². The lowest BCUT2D eigenvalue weighted by molar-refractivity contribution is 0.0604. The van der Waals surface area contributed by atoms with Gasteiger partial charge in [0.05, 0.1) is 5.02 Å². The number of aromatic amines is 1. The molecule has 4 heterocycles. The minimum absolute atomic E-state index is 0.0184. The van der Waals surface area contributed by atoms with E-state index in [1.54, 1.807) is 30.6 Å². The molecule has 0 saturated carbocycles. The third kappa shape index (κ3) is 3.77. The number of hydrogen-bond donors (Lipinski definition) is 1. The first-order chi connectivity index (χ1) is 13.0. The molecule has 1 fully saturated rings. The Bertz CT molecular complexity index is 972. The van der Waals surface area contributed by atoms with E-state index in [2.05, 4.69) is 43.0 Å². The summed E-state index contributed by atoms with van der Waals surface area (Å²) in [6.07, 6.45) is 5.06. The summed E-state index contributed by atoms with van der Waals surface area (Å²) in [5.74, 6) is 1.01. The third-order valence-corrected chi connectivity index (χ3v) is 5.45. The van der Waals surface area contributed by atoms with Crippen LogP contribution in [0.25, 0.3) is 11.6 Å². The molecule has 0 aliphatic carbocycles. The maximum absolute atomic E-state index is 13.0. The number of carbonyl (C=O) groups is 1. The Kier molecular flexibility index (Phi) is 5.01. The number of carbonyl (C=O) groups excluding carboxylic acids is 1. The Morgan fingerprint density at radius 3 is 3.00 bits per heavy atom. The molecule has 9 heteroatoms. The minimum Gasteiger partial charge on any atom is -0.356 e. The van der Waals surface area contributed by atoms with Gasteiger partial charge in [-0.05, 0) is 53.9 Å². The minimum atomic E-state index is -0.0184. The van der Waals surface area contributed by atoms with Crippen LogP contribution in [0.2, 0.25) is 5.02 Å². The molecule has 2 unspecified atom stereocenters. The van der Waals surface area contributed by atoms with E-state index < -0.39 is 0 Å². The zero-order valence-corrected chi connectivity index (χ0v) is 16.9. The normalized spacial score (nSPS) is 20.0. The van der Waals surface area contributed by atoms with Gasteiger partial charge in [0, 0.05) is 36.5 Å². The van der Waals surface area contributed by atoms with Crippen molar-refractivity contribution in [2.75, 3.05) is 6.54 Å². The average Bonchev–Trinajstić information content (AvgIpc) is 3.30. The number of nitrogens with one attached hydrogen (secondary N) is 1. The molecule has 0 radical (unpaired) electrons. The summed E-state index contributed by atoms with van der Waals surface area (Å²) in [5.41, 5.74) is 1.29.